The van der Waals surface area contributed by atoms with Gasteiger partial charge in [0.1, 0.15) is 6.04 Å². The summed E-state index contributed by atoms with van der Waals surface area (Å²) in [6.07, 6.45) is 7.94. The highest BCUT2D eigenvalue weighted by molar-refractivity contribution is 6.38. The molecule has 4 aliphatic rings. The van der Waals surface area contributed by atoms with E-state index < -0.39 is 17.7 Å². The molecule has 0 radical (unpaired) electrons. The van der Waals surface area contributed by atoms with Crippen LogP contribution >= 0.6 is 0 Å². The standard InChI is InChI=1S/C21H32N4O5/c26-18(20(28)23-25-13-16-7-4-10-24(16)21(25)29)17(14-8-11-30-12-9-14)22-19(27)15-5-2-1-3-6-15/h14-17H,1-13H2,(H,22,27)(H,23,28)/t16-,17?/m1/s1. The van der Waals surface area contributed by atoms with Gasteiger partial charge >= 0.3 is 11.9 Å². The lowest BCUT2D eigenvalue weighted by Crippen LogP contribution is -2.56. The zero-order chi connectivity index (χ0) is 21.1. The first kappa shape index (κ1) is 21.1. The molecule has 4 amide bonds. The molecule has 9 nitrogen and oxygen atoms in total. The van der Waals surface area contributed by atoms with Gasteiger partial charge in [-0.05, 0) is 44.4 Å². The quantitative estimate of drug-likeness (QED) is 0.623. The van der Waals surface area contributed by atoms with Crippen molar-refractivity contribution in [3.05, 3.63) is 0 Å². The third kappa shape index (κ3) is 4.45. The summed E-state index contributed by atoms with van der Waals surface area (Å²) in [6, 6.07) is -1.03. The number of amides is 4. The second kappa shape index (κ2) is 9.32. The molecule has 0 bridgehead atoms. The van der Waals surface area contributed by atoms with E-state index in [0.29, 0.717) is 39.1 Å². The molecule has 9 heteroatoms. The molecule has 1 unspecified atom stereocenters. The predicted octanol–water partition coefficient (Wildman–Crippen LogP) is 0.978. The molecule has 0 aromatic carbocycles. The fraction of sp³-hybridized carbons (Fsp3) is 0.810. The van der Waals surface area contributed by atoms with Crippen LogP contribution in [0.15, 0.2) is 0 Å². The molecule has 4 fully saturated rings. The van der Waals surface area contributed by atoms with Crippen molar-refractivity contribution in [2.45, 2.75) is 69.9 Å². The molecule has 2 atom stereocenters. The first-order valence-corrected chi connectivity index (χ1v) is 11.4. The summed E-state index contributed by atoms with van der Waals surface area (Å²) in [4.78, 5) is 52.8. The number of hydrogen-bond donors (Lipinski definition) is 2. The van der Waals surface area contributed by atoms with Crippen LogP contribution in [0.3, 0.4) is 0 Å². The summed E-state index contributed by atoms with van der Waals surface area (Å²) in [7, 11) is 0. The molecule has 4 rings (SSSR count). The molecular formula is C21H32N4O5. The van der Waals surface area contributed by atoms with Gasteiger partial charge in [0.25, 0.3) is 0 Å². The first-order chi connectivity index (χ1) is 14.5. The van der Waals surface area contributed by atoms with Crippen LogP contribution in [0.25, 0.3) is 0 Å². The maximum atomic E-state index is 13.1. The Labute approximate surface area is 176 Å². The van der Waals surface area contributed by atoms with Gasteiger partial charge < -0.3 is 15.0 Å². The summed E-state index contributed by atoms with van der Waals surface area (Å²) in [5, 5.41) is 4.14. The Morgan fingerprint density at radius 2 is 1.70 bits per heavy atom. The molecule has 0 spiro atoms. The Balaban J connectivity index is 1.41. The van der Waals surface area contributed by atoms with Gasteiger partial charge in [0.15, 0.2) is 0 Å². The van der Waals surface area contributed by atoms with Gasteiger partial charge in [-0.3, -0.25) is 19.8 Å². The van der Waals surface area contributed by atoms with Crippen LogP contribution < -0.4 is 10.7 Å². The molecule has 0 aromatic heterocycles. The number of nitrogens with zero attached hydrogens (tertiary/aromatic N) is 2. The Kier molecular flexibility index (Phi) is 6.55. The zero-order valence-corrected chi connectivity index (χ0v) is 17.4. The maximum absolute atomic E-state index is 13.1. The van der Waals surface area contributed by atoms with E-state index in [1.54, 1.807) is 4.90 Å². The van der Waals surface area contributed by atoms with Gasteiger partial charge in [0.2, 0.25) is 11.7 Å². The van der Waals surface area contributed by atoms with Crippen LogP contribution in [-0.2, 0) is 19.1 Å². The molecule has 3 saturated heterocycles. The molecule has 0 aromatic rings. The van der Waals surface area contributed by atoms with E-state index in [0.717, 1.165) is 44.9 Å². The van der Waals surface area contributed by atoms with E-state index in [9.17, 15) is 19.2 Å². The van der Waals surface area contributed by atoms with Gasteiger partial charge in [-0.2, -0.15) is 0 Å². The number of Topliss-reactive ketones (excluding diaryl/α,β-unsaturated/α-hetero) is 1. The van der Waals surface area contributed by atoms with Crippen molar-refractivity contribution < 1.29 is 23.9 Å². The third-order valence-corrected chi connectivity index (χ3v) is 7.00. The van der Waals surface area contributed by atoms with Crippen LogP contribution in [0.5, 0.6) is 0 Å². The number of ether oxygens (including phenoxy) is 1. The van der Waals surface area contributed by atoms with E-state index in [-0.39, 0.29) is 29.8 Å². The minimum absolute atomic E-state index is 0.0933. The highest BCUT2D eigenvalue weighted by atomic mass is 16.5. The van der Waals surface area contributed by atoms with Crippen LogP contribution in [0.1, 0.15) is 57.8 Å². The lowest BCUT2D eigenvalue weighted by atomic mass is 9.85. The van der Waals surface area contributed by atoms with Gasteiger partial charge in [-0.1, -0.05) is 19.3 Å². The minimum Gasteiger partial charge on any atom is -0.381 e. The average Bonchev–Trinajstić information content (AvgIpc) is 3.35. The van der Waals surface area contributed by atoms with Crippen molar-refractivity contribution in [1.82, 2.24) is 20.7 Å². The van der Waals surface area contributed by atoms with Crippen LogP contribution in [0, 0.1) is 11.8 Å². The highest BCUT2D eigenvalue weighted by Crippen LogP contribution is 2.27. The number of carbonyl (C=O) groups is 4. The van der Waals surface area contributed by atoms with Crippen molar-refractivity contribution in [2.24, 2.45) is 11.8 Å². The first-order valence-electron chi connectivity index (χ1n) is 11.4. The van der Waals surface area contributed by atoms with Crippen molar-refractivity contribution in [3.8, 4) is 0 Å². The maximum Gasteiger partial charge on any atom is 0.339 e. The van der Waals surface area contributed by atoms with Gasteiger partial charge in [-0.25, -0.2) is 9.80 Å². The van der Waals surface area contributed by atoms with E-state index in [2.05, 4.69) is 10.7 Å². The van der Waals surface area contributed by atoms with Crippen molar-refractivity contribution >= 4 is 23.6 Å². The molecule has 2 N–H and O–H groups in total. The van der Waals surface area contributed by atoms with Crippen LogP contribution in [-0.4, -0.2) is 71.9 Å². The van der Waals surface area contributed by atoms with Crippen LogP contribution in [0.2, 0.25) is 0 Å². The molecule has 30 heavy (non-hydrogen) atoms. The second-order valence-corrected chi connectivity index (χ2v) is 8.96. The van der Waals surface area contributed by atoms with Gasteiger partial charge in [-0.15, -0.1) is 0 Å². The normalized spacial score (nSPS) is 26.4. The fourth-order valence-electron chi connectivity index (χ4n) is 5.22. The third-order valence-electron chi connectivity index (χ3n) is 7.00. The second-order valence-electron chi connectivity index (χ2n) is 8.96. The predicted molar refractivity (Wildman–Crippen MR) is 107 cm³/mol. The number of carbonyl (C=O) groups excluding carboxylic acids is 4. The number of ketones is 1. The number of nitrogens with one attached hydrogen (secondary N) is 2. The van der Waals surface area contributed by atoms with Gasteiger partial charge in [0, 0.05) is 25.7 Å². The van der Waals surface area contributed by atoms with E-state index >= 15 is 0 Å². The summed E-state index contributed by atoms with van der Waals surface area (Å²) in [5.74, 6) is -1.87. The van der Waals surface area contributed by atoms with E-state index in [1.807, 2.05) is 0 Å². The zero-order valence-electron chi connectivity index (χ0n) is 17.4. The average molecular weight is 421 g/mol. The Morgan fingerprint density at radius 3 is 2.40 bits per heavy atom. The number of hydrazine groups is 1. The van der Waals surface area contributed by atoms with E-state index in [4.69, 9.17) is 4.74 Å². The SMILES string of the molecule is O=C(NN1C[C@H]2CCCN2C1=O)C(=O)C(NC(=O)C1CCCCC1)C1CCOCC1. The summed E-state index contributed by atoms with van der Waals surface area (Å²) in [5.41, 5.74) is 2.50. The smallest absolute Gasteiger partial charge is 0.339 e. The van der Waals surface area contributed by atoms with Gasteiger partial charge in [0.05, 0.1) is 12.6 Å². The molecule has 3 heterocycles. The monoisotopic (exact) mass is 420 g/mol. The van der Waals surface area contributed by atoms with Crippen molar-refractivity contribution in [1.29, 1.82) is 0 Å². The molecule has 1 saturated carbocycles. The summed E-state index contributed by atoms with van der Waals surface area (Å²) >= 11 is 0. The largest absolute Gasteiger partial charge is 0.381 e. The fourth-order valence-corrected chi connectivity index (χ4v) is 5.22. The molecule has 1 aliphatic carbocycles. The summed E-state index contributed by atoms with van der Waals surface area (Å²) < 4.78 is 5.39. The summed E-state index contributed by atoms with van der Waals surface area (Å²) in [6.45, 7) is 2.10. The molecular weight excluding hydrogens is 388 g/mol. The Morgan fingerprint density at radius 1 is 0.967 bits per heavy atom. The number of fused-ring (bicyclic) bond motifs is 1. The van der Waals surface area contributed by atoms with Crippen molar-refractivity contribution in [2.75, 3.05) is 26.3 Å². The number of rotatable bonds is 6. The van der Waals surface area contributed by atoms with E-state index in [1.165, 1.54) is 5.01 Å². The molecule has 3 aliphatic heterocycles. The van der Waals surface area contributed by atoms with Crippen molar-refractivity contribution in [3.63, 3.8) is 0 Å². The molecule has 166 valence electrons. The Bertz CT molecular complexity index is 687. The minimum atomic E-state index is -0.874. The highest BCUT2D eigenvalue weighted by Gasteiger charge is 2.43. The lowest BCUT2D eigenvalue weighted by Gasteiger charge is -2.31. The van der Waals surface area contributed by atoms with Crippen LogP contribution in [0.4, 0.5) is 4.79 Å². The Hall–Kier alpha value is -2.16. The number of hydrogen-bond acceptors (Lipinski definition) is 5. The number of urea groups is 1. The lowest BCUT2D eigenvalue weighted by molar-refractivity contribution is -0.144. The topological polar surface area (TPSA) is 108 Å².